The normalized spacial score (nSPS) is 20.8. The second kappa shape index (κ2) is 6.39. The van der Waals surface area contributed by atoms with Crippen LogP contribution in [0.15, 0.2) is 36.7 Å². The lowest BCUT2D eigenvalue weighted by molar-refractivity contribution is 0.173. The van der Waals surface area contributed by atoms with Crippen molar-refractivity contribution < 1.29 is 5.11 Å². The van der Waals surface area contributed by atoms with Crippen LogP contribution in [0.1, 0.15) is 18.0 Å². The highest BCUT2D eigenvalue weighted by atomic mass is 16.3. The summed E-state index contributed by atoms with van der Waals surface area (Å²) in [5, 5.41) is 13.0. The van der Waals surface area contributed by atoms with Gasteiger partial charge in [-0.25, -0.2) is 4.98 Å². The Bertz CT molecular complexity index is 569. The number of likely N-dealkylation sites (tertiary alicyclic amines) is 1. The van der Waals surface area contributed by atoms with Crippen molar-refractivity contribution in [1.82, 2.24) is 20.2 Å². The van der Waals surface area contributed by atoms with Crippen molar-refractivity contribution in [3.63, 3.8) is 0 Å². The molecule has 0 saturated carbocycles. The fourth-order valence-electron chi connectivity index (χ4n) is 2.93. The van der Waals surface area contributed by atoms with Gasteiger partial charge in [-0.1, -0.05) is 18.2 Å². The van der Waals surface area contributed by atoms with Crippen LogP contribution in [0.2, 0.25) is 0 Å². The van der Waals surface area contributed by atoms with Gasteiger partial charge in [-0.05, 0) is 25.1 Å². The molecular formula is C16H22N4O. The Morgan fingerprint density at radius 3 is 3.10 bits per heavy atom. The molecule has 1 fully saturated rings. The number of nitrogens with zero attached hydrogens (tertiary/aromatic N) is 2. The smallest absolute Gasteiger partial charge is 0.137 e. The SMILES string of the molecule is CN[C@H](CN1CC[C@H](O)C1)c1cccc(-c2ncc[nH]2)c1. The summed E-state index contributed by atoms with van der Waals surface area (Å²) in [6, 6.07) is 8.70. The highest BCUT2D eigenvalue weighted by molar-refractivity contribution is 5.56. The minimum Gasteiger partial charge on any atom is -0.392 e. The van der Waals surface area contributed by atoms with E-state index < -0.39 is 0 Å². The van der Waals surface area contributed by atoms with Gasteiger partial charge in [0, 0.05) is 43.6 Å². The molecule has 1 saturated heterocycles. The summed E-state index contributed by atoms with van der Waals surface area (Å²) in [7, 11) is 1.98. The third-order valence-corrected chi connectivity index (χ3v) is 4.10. The lowest BCUT2D eigenvalue weighted by atomic mass is 10.0. The number of nitrogens with one attached hydrogen (secondary N) is 2. The first-order valence-corrected chi connectivity index (χ1v) is 7.43. The molecule has 1 aliphatic rings. The molecule has 0 aliphatic carbocycles. The van der Waals surface area contributed by atoms with E-state index >= 15 is 0 Å². The number of hydrogen-bond acceptors (Lipinski definition) is 4. The molecule has 5 nitrogen and oxygen atoms in total. The van der Waals surface area contributed by atoms with Crippen molar-refractivity contribution in [2.75, 3.05) is 26.7 Å². The molecule has 2 atom stereocenters. The number of rotatable bonds is 5. The fourth-order valence-corrected chi connectivity index (χ4v) is 2.93. The van der Waals surface area contributed by atoms with Crippen LogP contribution in [0.3, 0.4) is 0 Å². The number of aliphatic hydroxyl groups is 1. The van der Waals surface area contributed by atoms with Crippen molar-refractivity contribution in [3.05, 3.63) is 42.2 Å². The van der Waals surface area contributed by atoms with Gasteiger partial charge in [0.25, 0.3) is 0 Å². The van der Waals surface area contributed by atoms with Crippen LogP contribution in [0.25, 0.3) is 11.4 Å². The molecule has 1 aromatic heterocycles. The molecule has 2 aromatic rings. The first-order chi connectivity index (χ1) is 10.3. The van der Waals surface area contributed by atoms with Crippen molar-refractivity contribution in [1.29, 1.82) is 0 Å². The number of benzene rings is 1. The van der Waals surface area contributed by atoms with Crippen LogP contribution in [0.4, 0.5) is 0 Å². The van der Waals surface area contributed by atoms with Gasteiger partial charge in [-0.2, -0.15) is 0 Å². The second-order valence-corrected chi connectivity index (χ2v) is 5.61. The number of hydrogen-bond donors (Lipinski definition) is 3. The number of aromatic amines is 1. The van der Waals surface area contributed by atoms with Crippen LogP contribution in [0.5, 0.6) is 0 Å². The molecular weight excluding hydrogens is 264 g/mol. The van der Waals surface area contributed by atoms with E-state index in [9.17, 15) is 5.11 Å². The molecule has 0 radical (unpaired) electrons. The Morgan fingerprint density at radius 2 is 2.43 bits per heavy atom. The largest absolute Gasteiger partial charge is 0.392 e. The lowest BCUT2D eigenvalue weighted by Crippen LogP contribution is -2.33. The average Bonchev–Trinajstić information content (AvgIpc) is 3.16. The minimum absolute atomic E-state index is 0.169. The zero-order valence-electron chi connectivity index (χ0n) is 12.3. The number of β-amino-alcohol motifs (C(OH)–C–C–N with tert-alkyl or cyclic N) is 1. The van der Waals surface area contributed by atoms with Gasteiger partial charge in [0.2, 0.25) is 0 Å². The Labute approximate surface area is 125 Å². The highest BCUT2D eigenvalue weighted by Gasteiger charge is 2.23. The maximum absolute atomic E-state index is 9.65. The van der Waals surface area contributed by atoms with Crippen LogP contribution >= 0.6 is 0 Å². The minimum atomic E-state index is -0.169. The molecule has 5 heteroatoms. The van der Waals surface area contributed by atoms with E-state index in [0.717, 1.165) is 37.4 Å². The quantitative estimate of drug-likeness (QED) is 0.777. The molecule has 0 amide bonds. The van der Waals surface area contributed by atoms with Gasteiger partial charge in [0.15, 0.2) is 0 Å². The van der Waals surface area contributed by atoms with Gasteiger partial charge < -0.3 is 15.4 Å². The molecule has 0 unspecified atom stereocenters. The van der Waals surface area contributed by atoms with Crippen molar-refractivity contribution in [2.24, 2.45) is 0 Å². The molecule has 3 N–H and O–H groups in total. The zero-order valence-corrected chi connectivity index (χ0v) is 12.3. The predicted octanol–water partition coefficient (Wildman–Crippen LogP) is 1.40. The summed E-state index contributed by atoms with van der Waals surface area (Å²) in [5.41, 5.74) is 2.34. The molecule has 112 valence electrons. The lowest BCUT2D eigenvalue weighted by Gasteiger charge is -2.23. The van der Waals surface area contributed by atoms with E-state index in [2.05, 4.69) is 44.5 Å². The maximum atomic E-state index is 9.65. The predicted molar refractivity (Wildman–Crippen MR) is 82.9 cm³/mol. The van der Waals surface area contributed by atoms with Crippen LogP contribution in [-0.4, -0.2) is 52.8 Å². The standard InChI is InChI=1S/C16H22N4O/c1-17-15(11-20-8-5-14(21)10-20)12-3-2-4-13(9-12)16-18-6-7-19-16/h2-4,6-7,9,14-15,17,21H,5,8,10-11H2,1H3,(H,18,19)/t14-,15+/m0/s1. The number of H-pyrrole nitrogens is 1. The van der Waals surface area contributed by atoms with Gasteiger partial charge >= 0.3 is 0 Å². The Hall–Kier alpha value is -1.69. The van der Waals surface area contributed by atoms with Gasteiger partial charge in [-0.15, -0.1) is 0 Å². The molecule has 2 heterocycles. The van der Waals surface area contributed by atoms with Crippen LogP contribution in [-0.2, 0) is 0 Å². The molecule has 21 heavy (non-hydrogen) atoms. The topological polar surface area (TPSA) is 64.2 Å². The van der Waals surface area contributed by atoms with Gasteiger partial charge in [-0.3, -0.25) is 4.90 Å². The van der Waals surface area contributed by atoms with E-state index in [1.165, 1.54) is 5.56 Å². The monoisotopic (exact) mass is 286 g/mol. The third kappa shape index (κ3) is 3.32. The number of likely N-dealkylation sites (N-methyl/N-ethyl adjacent to an activating group) is 1. The number of imidazole rings is 1. The first-order valence-electron chi connectivity index (χ1n) is 7.43. The second-order valence-electron chi connectivity index (χ2n) is 5.61. The average molecular weight is 286 g/mol. The van der Waals surface area contributed by atoms with Gasteiger partial charge in [0.1, 0.15) is 5.82 Å². The van der Waals surface area contributed by atoms with Crippen molar-refractivity contribution >= 4 is 0 Å². The van der Waals surface area contributed by atoms with E-state index in [1.54, 1.807) is 6.20 Å². The molecule has 1 aromatic carbocycles. The van der Waals surface area contributed by atoms with E-state index in [-0.39, 0.29) is 12.1 Å². The van der Waals surface area contributed by atoms with E-state index in [0.29, 0.717) is 0 Å². The van der Waals surface area contributed by atoms with Gasteiger partial charge in [0.05, 0.1) is 6.10 Å². The number of aliphatic hydroxyl groups excluding tert-OH is 1. The zero-order chi connectivity index (χ0) is 14.7. The molecule has 3 rings (SSSR count). The number of aromatic nitrogens is 2. The van der Waals surface area contributed by atoms with E-state index in [1.807, 2.05) is 13.2 Å². The van der Waals surface area contributed by atoms with Crippen molar-refractivity contribution in [3.8, 4) is 11.4 Å². The Morgan fingerprint density at radius 1 is 1.52 bits per heavy atom. The fraction of sp³-hybridized carbons (Fsp3) is 0.438. The summed E-state index contributed by atoms with van der Waals surface area (Å²) in [4.78, 5) is 9.76. The summed E-state index contributed by atoms with van der Waals surface area (Å²) in [6.45, 7) is 2.66. The van der Waals surface area contributed by atoms with Crippen molar-refractivity contribution in [2.45, 2.75) is 18.6 Å². The third-order valence-electron chi connectivity index (χ3n) is 4.10. The van der Waals surface area contributed by atoms with E-state index in [4.69, 9.17) is 0 Å². The molecule has 0 spiro atoms. The summed E-state index contributed by atoms with van der Waals surface area (Å²) < 4.78 is 0. The first kappa shape index (κ1) is 14.3. The highest BCUT2D eigenvalue weighted by Crippen LogP contribution is 2.22. The Balaban J connectivity index is 1.76. The molecule has 1 aliphatic heterocycles. The summed E-state index contributed by atoms with van der Waals surface area (Å²) in [5.74, 6) is 0.892. The summed E-state index contributed by atoms with van der Waals surface area (Å²) >= 11 is 0. The maximum Gasteiger partial charge on any atom is 0.137 e. The van der Waals surface area contributed by atoms with Crippen LogP contribution < -0.4 is 5.32 Å². The molecule has 0 bridgehead atoms. The Kier molecular flexibility index (Phi) is 4.34. The van der Waals surface area contributed by atoms with Crippen LogP contribution in [0, 0.1) is 0 Å². The summed E-state index contributed by atoms with van der Waals surface area (Å²) in [6.07, 6.45) is 4.31.